The van der Waals surface area contributed by atoms with Crippen molar-refractivity contribution in [3.63, 3.8) is 0 Å². The van der Waals surface area contributed by atoms with Crippen LogP contribution in [0.15, 0.2) is 42.5 Å². The van der Waals surface area contributed by atoms with Crippen LogP contribution in [0.5, 0.6) is 0 Å². The molecule has 0 bridgehead atoms. The minimum Gasteiger partial charge on any atom is -0.383 e. The molecule has 0 heterocycles. The van der Waals surface area contributed by atoms with E-state index in [-0.39, 0.29) is 5.56 Å². The Morgan fingerprint density at radius 1 is 0.952 bits per heavy atom. The van der Waals surface area contributed by atoms with E-state index >= 15 is 0 Å². The van der Waals surface area contributed by atoms with E-state index in [0.717, 1.165) is 17.8 Å². The molecule has 3 nitrogen and oxygen atoms in total. The van der Waals surface area contributed by atoms with E-state index in [9.17, 15) is 13.6 Å². The molecular weight excluding hydrogens is 274 g/mol. The van der Waals surface area contributed by atoms with E-state index in [4.69, 9.17) is 0 Å². The molecule has 0 fully saturated rings. The van der Waals surface area contributed by atoms with Crippen molar-refractivity contribution in [1.29, 1.82) is 0 Å². The van der Waals surface area contributed by atoms with Crippen LogP contribution >= 0.6 is 0 Å². The van der Waals surface area contributed by atoms with E-state index in [1.165, 1.54) is 6.07 Å². The fourth-order valence-electron chi connectivity index (χ4n) is 1.82. The Kier molecular flexibility index (Phi) is 4.52. The molecule has 0 atom stereocenters. The number of carbonyl (C=O) groups is 1. The molecule has 0 saturated carbocycles. The predicted molar refractivity (Wildman–Crippen MR) is 79.5 cm³/mol. The van der Waals surface area contributed by atoms with Crippen molar-refractivity contribution < 1.29 is 13.6 Å². The number of carbonyl (C=O) groups excluding carboxylic acids is 1. The number of nitrogens with one attached hydrogen (secondary N) is 2. The molecule has 0 aliphatic rings. The zero-order valence-electron chi connectivity index (χ0n) is 11.8. The van der Waals surface area contributed by atoms with Crippen LogP contribution in [0.1, 0.15) is 24.2 Å². The molecule has 2 rings (SSSR count). The molecule has 0 saturated heterocycles. The minimum absolute atomic E-state index is 0.0679. The van der Waals surface area contributed by atoms with Crippen molar-refractivity contribution in [2.75, 3.05) is 10.6 Å². The monoisotopic (exact) mass is 290 g/mol. The first-order valence-corrected chi connectivity index (χ1v) is 6.58. The van der Waals surface area contributed by atoms with E-state index < -0.39 is 17.5 Å². The van der Waals surface area contributed by atoms with Crippen LogP contribution in [0.4, 0.5) is 20.2 Å². The van der Waals surface area contributed by atoms with Crippen LogP contribution in [0, 0.1) is 11.6 Å². The number of rotatable bonds is 4. The van der Waals surface area contributed by atoms with Crippen molar-refractivity contribution in [3.8, 4) is 0 Å². The van der Waals surface area contributed by atoms with Gasteiger partial charge >= 0.3 is 0 Å². The largest absolute Gasteiger partial charge is 0.383 e. The fourth-order valence-corrected chi connectivity index (χ4v) is 1.82. The van der Waals surface area contributed by atoms with E-state index in [2.05, 4.69) is 10.6 Å². The van der Waals surface area contributed by atoms with Crippen molar-refractivity contribution in [1.82, 2.24) is 0 Å². The lowest BCUT2D eigenvalue weighted by atomic mass is 10.2. The zero-order valence-corrected chi connectivity index (χ0v) is 11.8. The SMILES string of the molecule is CC(C)Nc1ccc(NC(=O)c2ccc(F)c(F)c2)cc1. The van der Waals surface area contributed by atoms with Gasteiger partial charge in [-0.1, -0.05) is 0 Å². The van der Waals surface area contributed by atoms with Gasteiger partial charge in [0.15, 0.2) is 11.6 Å². The van der Waals surface area contributed by atoms with Gasteiger partial charge in [0.2, 0.25) is 0 Å². The van der Waals surface area contributed by atoms with Gasteiger partial charge < -0.3 is 10.6 Å². The third kappa shape index (κ3) is 4.02. The summed E-state index contributed by atoms with van der Waals surface area (Å²) in [5.41, 5.74) is 1.59. The number of anilines is 2. The van der Waals surface area contributed by atoms with Crippen LogP contribution in [-0.4, -0.2) is 11.9 Å². The highest BCUT2D eigenvalue weighted by molar-refractivity contribution is 6.04. The Morgan fingerprint density at radius 3 is 2.14 bits per heavy atom. The molecule has 2 aromatic carbocycles. The maximum atomic E-state index is 13.1. The molecule has 0 unspecified atom stereocenters. The lowest BCUT2D eigenvalue weighted by Crippen LogP contribution is -2.13. The van der Waals surface area contributed by atoms with Gasteiger partial charge in [-0.2, -0.15) is 0 Å². The maximum absolute atomic E-state index is 13.1. The Morgan fingerprint density at radius 2 is 1.57 bits per heavy atom. The summed E-state index contributed by atoms with van der Waals surface area (Å²) in [7, 11) is 0. The number of amides is 1. The van der Waals surface area contributed by atoms with E-state index in [0.29, 0.717) is 11.7 Å². The van der Waals surface area contributed by atoms with Gasteiger partial charge in [0.05, 0.1) is 0 Å². The van der Waals surface area contributed by atoms with Crippen molar-refractivity contribution >= 4 is 17.3 Å². The second kappa shape index (κ2) is 6.35. The number of halogens is 2. The van der Waals surface area contributed by atoms with Gasteiger partial charge in [0.25, 0.3) is 5.91 Å². The van der Waals surface area contributed by atoms with Gasteiger partial charge in [0, 0.05) is 23.0 Å². The summed E-state index contributed by atoms with van der Waals surface area (Å²) in [5, 5.41) is 5.86. The van der Waals surface area contributed by atoms with Gasteiger partial charge in [-0.3, -0.25) is 4.79 Å². The molecule has 110 valence electrons. The lowest BCUT2D eigenvalue weighted by Gasteiger charge is -2.11. The van der Waals surface area contributed by atoms with Crippen molar-refractivity contribution in [2.45, 2.75) is 19.9 Å². The second-order valence-corrected chi connectivity index (χ2v) is 4.96. The highest BCUT2D eigenvalue weighted by Gasteiger charge is 2.10. The Bertz CT molecular complexity index is 639. The van der Waals surface area contributed by atoms with Crippen LogP contribution in [0.25, 0.3) is 0 Å². The Balaban J connectivity index is 2.06. The lowest BCUT2D eigenvalue weighted by molar-refractivity contribution is 0.102. The summed E-state index contributed by atoms with van der Waals surface area (Å²) < 4.78 is 25.9. The first-order chi connectivity index (χ1) is 9.95. The fraction of sp³-hybridized carbons (Fsp3) is 0.188. The summed E-state index contributed by atoms with van der Waals surface area (Å²) in [6.45, 7) is 4.05. The molecule has 0 spiro atoms. The molecule has 21 heavy (non-hydrogen) atoms. The van der Waals surface area contributed by atoms with Crippen LogP contribution in [0.2, 0.25) is 0 Å². The van der Waals surface area contributed by atoms with E-state index in [1.54, 1.807) is 12.1 Å². The highest BCUT2D eigenvalue weighted by Crippen LogP contribution is 2.16. The summed E-state index contributed by atoms with van der Waals surface area (Å²) >= 11 is 0. The molecule has 1 amide bonds. The van der Waals surface area contributed by atoms with Gasteiger partial charge in [0.1, 0.15) is 0 Å². The molecule has 0 aromatic heterocycles. The van der Waals surface area contributed by atoms with Crippen LogP contribution in [-0.2, 0) is 0 Å². The van der Waals surface area contributed by atoms with E-state index in [1.807, 2.05) is 26.0 Å². The third-order valence-corrected chi connectivity index (χ3v) is 2.78. The molecule has 0 aliphatic carbocycles. The average Bonchev–Trinajstić information content (AvgIpc) is 2.43. The van der Waals surface area contributed by atoms with Gasteiger partial charge in [-0.25, -0.2) is 8.78 Å². The van der Waals surface area contributed by atoms with Gasteiger partial charge in [-0.15, -0.1) is 0 Å². The Labute approximate surface area is 122 Å². The smallest absolute Gasteiger partial charge is 0.255 e. The predicted octanol–water partition coefficient (Wildman–Crippen LogP) is 4.04. The first-order valence-electron chi connectivity index (χ1n) is 6.58. The van der Waals surface area contributed by atoms with Crippen LogP contribution in [0.3, 0.4) is 0 Å². The number of benzene rings is 2. The number of hydrogen-bond acceptors (Lipinski definition) is 2. The van der Waals surface area contributed by atoms with Crippen molar-refractivity contribution in [3.05, 3.63) is 59.7 Å². The number of hydrogen-bond donors (Lipinski definition) is 2. The molecular formula is C16H16F2N2O. The standard InChI is InChI=1S/C16H16F2N2O/c1-10(2)19-12-4-6-13(7-5-12)20-16(21)11-3-8-14(17)15(18)9-11/h3-10,19H,1-2H3,(H,20,21). The maximum Gasteiger partial charge on any atom is 0.255 e. The first kappa shape index (κ1) is 15.0. The normalized spacial score (nSPS) is 10.5. The molecule has 0 radical (unpaired) electrons. The minimum atomic E-state index is -1.04. The van der Waals surface area contributed by atoms with Crippen molar-refractivity contribution in [2.24, 2.45) is 0 Å². The topological polar surface area (TPSA) is 41.1 Å². The van der Waals surface area contributed by atoms with Gasteiger partial charge in [-0.05, 0) is 56.3 Å². The summed E-state index contributed by atoms with van der Waals surface area (Å²) in [5.74, 6) is -2.51. The molecule has 2 aromatic rings. The molecule has 0 aliphatic heterocycles. The summed E-state index contributed by atoms with van der Waals surface area (Å²) in [6.07, 6.45) is 0. The second-order valence-electron chi connectivity index (χ2n) is 4.96. The molecule has 5 heteroatoms. The zero-order chi connectivity index (χ0) is 15.4. The highest BCUT2D eigenvalue weighted by atomic mass is 19.2. The molecule has 2 N–H and O–H groups in total. The third-order valence-electron chi connectivity index (χ3n) is 2.78. The quantitative estimate of drug-likeness (QED) is 0.892. The Hall–Kier alpha value is -2.43. The summed E-state index contributed by atoms with van der Waals surface area (Å²) in [6, 6.07) is 10.5. The average molecular weight is 290 g/mol. The van der Waals surface area contributed by atoms with Crippen LogP contribution < -0.4 is 10.6 Å². The summed E-state index contributed by atoms with van der Waals surface area (Å²) in [4.78, 5) is 11.9.